The molecule has 3 atom stereocenters. The van der Waals surface area contributed by atoms with Crippen molar-refractivity contribution in [2.75, 3.05) is 11.9 Å². The summed E-state index contributed by atoms with van der Waals surface area (Å²) in [6, 6.07) is 10.5. The highest BCUT2D eigenvalue weighted by Crippen LogP contribution is 2.51. The minimum absolute atomic E-state index is 0.0445. The molecule has 0 saturated carbocycles. The van der Waals surface area contributed by atoms with Crippen LogP contribution in [0.2, 0.25) is 0 Å². The van der Waals surface area contributed by atoms with Crippen molar-refractivity contribution in [1.82, 2.24) is 0 Å². The minimum atomic E-state index is -4.41. The molecular formula is C22H20F3NO2. The van der Waals surface area contributed by atoms with Gasteiger partial charge in [0.2, 0.25) is 0 Å². The highest BCUT2D eigenvalue weighted by atomic mass is 19.4. The largest absolute Gasteiger partial charge is 0.462 e. The number of fused-ring (bicyclic) bond motifs is 3. The van der Waals surface area contributed by atoms with E-state index in [4.69, 9.17) is 4.74 Å². The van der Waals surface area contributed by atoms with Gasteiger partial charge in [0, 0.05) is 11.6 Å². The van der Waals surface area contributed by atoms with E-state index in [2.05, 4.69) is 5.32 Å². The average Bonchev–Trinajstić information content (AvgIpc) is 3.16. The van der Waals surface area contributed by atoms with Gasteiger partial charge in [-0.2, -0.15) is 13.2 Å². The molecular weight excluding hydrogens is 367 g/mol. The van der Waals surface area contributed by atoms with Gasteiger partial charge in [0.15, 0.2) is 0 Å². The zero-order valence-electron chi connectivity index (χ0n) is 15.3. The summed E-state index contributed by atoms with van der Waals surface area (Å²) in [6.45, 7) is 2.03. The Labute approximate surface area is 161 Å². The maximum atomic E-state index is 13.6. The Bertz CT molecular complexity index is 936. The Hall–Kier alpha value is -2.76. The third kappa shape index (κ3) is 3.17. The second-order valence-electron chi connectivity index (χ2n) is 7.08. The normalized spacial score (nSPS) is 22.9. The minimum Gasteiger partial charge on any atom is -0.462 e. The maximum absolute atomic E-state index is 13.6. The average molecular weight is 387 g/mol. The Morgan fingerprint density at radius 1 is 1.18 bits per heavy atom. The van der Waals surface area contributed by atoms with Gasteiger partial charge in [-0.1, -0.05) is 30.4 Å². The molecule has 0 bridgehead atoms. The van der Waals surface area contributed by atoms with E-state index in [9.17, 15) is 18.0 Å². The van der Waals surface area contributed by atoms with E-state index in [1.165, 1.54) is 6.07 Å². The Morgan fingerprint density at radius 2 is 1.96 bits per heavy atom. The van der Waals surface area contributed by atoms with E-state index in [1.807, 2.05) is 12.2 Å². The molecule has 0 amide bonds. The Balaban J connectivity index is 1.76. The van der Waals surface area contributed by atoms with Crippen molar-refractivity contribution in [2.24, 2.45) is 5.92 Å². The predicted octanol–water partition coefficient (Wildman–Crippen LogP) is 5.71. The number of hydrogen-bond donors (Lipinski definition) is 1. The van der Waals surface area contributed by atoms with Gasteiger partial charge in [-0.05, 0) is 54.7 Å². The highest BCUT2D eigenvalue weighted by Gasteiger charge is 2.42. The molecule has 3 nitrogen and oxygen atoms in total. The zero-order valence-corrected chi connectivity index (χ0v) is 15.3. The van der Waals surface area contributed by atoms with Gasteiger partial charge in [0.25, 0.3) is 0 Å². The number of rotatable bonds is 3. The highest BCUT2D eigenvalue weighted by molar-refractivity contribution is 5.90. The molecule has 1 N–H and O–H groups in total. The summed E-state index contributed by atoms with van der Waals surface area (Å²) in [7, 11) is 0. The van der Waals surface area contributed by atoms with Crippen LogP contribution < -0.4 is 5.32 Å². The van der Waals surface area contributed by atoms with Crippen LogP contribution in [0.5, 0.6) is 0 Å². The Kier molecular flexibility index (Phi) is 4.65. The first-order valence-corrected chi connectivity index (χ1v) is 9.30. The van der Waals surface area contributed by atoms with E-state index in [0.717, 1.165) is 17.3 Å². The van der Waals surface area contributed by atoms with E-state index in [0.29, 0.717) is 12.0 Å². The predicted molar refractivity (Wildman–Crippen MR) is 100 cm³/mol. The number of esters is 1. The van der Waals surface area contributed by atoms with Gasteiger partial charge in [0.05, 0.1) is 23.8 Å². The quantitative estimate of drug-likeness (QED) is 0.542. The molecule has 28 heavy (non-hydrogen) atoms. The smallest absolute Gasteiger partial charge is 0.416 e. The molecule has 4 rings (SSSR count). The van der Waals surface area contributed by atoms with E-state index >= 15 is 0 Å². The van der Waals surface area contributed by atoms with Crippen LogP contribution in [0.3, 0.4) is 0 Å². The van der Waals surface area contributed by atoms with Crippen molar-refractivity contribution < 1.29 is 22.7 Å². The molecule has 0 spiro atoms. The molecule has 2 aromatic rings. The monoisotopic (exact) mass is 387 g/mol. The van der Waals surface area contributed by atoms with Gasteiger partial charge < -0.3 is 10.1 Å². The first-order valence-electron chi connectivity index (χ1n) is 9.30. The molecule has 0 aromatic heterocycles. The van der Waals surface area contributed by atoms with E-state index in [1.54, 1.807) is 37.3 Å². The molecule has 146 valence electrons. The van der Waals surface area contributed by atoms with Crippen LogP contribution >= 0.6 is 0 Å². The molecule has 3 unspecified atom stereocenters. The van der Waals surface area contributed by atoms with Gasteiger partial charge >= 0.3 is 12.1 Å². The van der Waals surface area contributed by atoms with Gasteiger partial charge in [-0.25, -0.2) is 4.79 Å². The van der Waals surface area contributed by atoms with Gasteiger partial charge in [-0.15, -0.1) is 0 Å². The molecule has 2 aliphatic rings. The van der Waals surface area contributed by atoms with Crippen molar-refractivity contribution in [1.29, 1.82) is 0 Å². The van der Waals surface area contributed by atoms with E-state index < -0.39 is 23.8 Å². The lowest BCUT2D eigenvalue weighted by molar-refractivity contribution is -0.138. The van der Waals surface area contributed by atoms with Crippen molar-refractivity contribution in [3.8, 4) is 0 Å². The number of ether oxygens (including phenoxy) is 1. The maximum Gasteiger partial charge on any atom is 0.416 e. The fourth-order valence-corrected chi connectivity index (χ4v) is 4.27. The summed E-state index contributed by atoms with van der Waals surface area (Å²) in [5, 5.41) is 3.30. The van der Waals surface area contributed by atoms with Crippen molar-refractivity contribution in [3.63, 3.8) is 0 Å². The van der Waals surface area contributed by atoms with Crippen LogP contribution in [0.4, 0.5) is 18.9 Å². The number of halogens is 3. The lowest BCUT2D eigenvalue weighted by atomic mass is 9.75. The number of carbonyl (C=O) groups excluding carboxylic acids is 1. The van der Waals surface area contributed by atoms with Crippen molar-refractivity contribution in [2.45, 2.75) is 31.5 Å². The molecule has 1 aliphatic carbocycles. The SMILES string of the molecule is CCOC(=O)c1ccc2c(c1)C1C=CCC1C(c1ccccc1C(F)(F)F)N2. The lowest BCUT2D eigenvalue weighted by Crippen LogP contribution is -2.31. The summed E-state index contributed by atoms with van der Waals surface area (Å²) in [5.74, 6) is -0.487. The molecule has 1 aliphatic heterocycles. The summed E-state index contributed by atoms with van der Waals surface area (Å²) >= 11 is 0. The number of nitrogens with one attached hydrogen (secondary N) is 1. The lowest BCUT2D eigenvalue weighted by Gasteiger charge is -2.38. The number of carbonyl (C=O) groups is 1. The number of alkyl halides is 3. The van der Waals surface area contributed by atoms with Crippen LogP contribution in [0.15, 0.2) is 54.6 Å². The van der Waals surface area contributed by atoms with Crippen LogP contribution in [0.1, 0.15) is 52.4 Å². The molecule has 0 radical (unpaired) electrons. The summed E-state index contributed by atoms with van der Waals surface area (Å²) in [5.41, 5.74) is 1.78. The number of hydrogen-bond acceptors (Lipinski definition) is 3. The van der Waals surface area contributed by atoms with Crippen molar-refractivity contribution in [3.05, 3.63) is 76.9 Å². The molecule has 0 fully saturated rings. The molecule has 6 heteroatoms. The second-order valence-corrected chi connectivity index (χ2v) is 7.08. The third-order valence-corrected chi connectivity index (χ3v) is 5.48. The van der Waals surface area contributed by atoms with Crippen LogP contribution in [0.25, 0.3) is 0 Å². The molecule has 1 heterocycles. The summed E-state index contributed by atoms with van der Waals surface area (Å²) in [4.78, 5) is 12.1. The number of anilines is 1. The van der Waals surface area contributed by atoms with E-state index in [-0.39, 0.29) is 24.0 Å². The topological polar surface area (TPSA) is 38.3 Å². The standard InChI is InChI=1S/C22H20F3NO2/c1-2-28-21(27)13-10-11-19-17(12-13)14-7-5-8-15(14)20(26-19)16-6-3-4-9-18(16)22(23,24)25/h3-7,9-12,14-15,20,26H,2,8H2,1H3. The summed E-state index contributed by atoms with van der Waals surface area (Å²) < 4.78 is 45.8. The fourth-order valence-electron chi connectivity index (χ4n) is 4.27. The molecule has 0 saturated heterocycles. The van der Waals surface area contributed by atoms with Gasteiger partial charge in [0.1, 0.15) is 0 Å². The fraction of sp³-hybridized carbons (Fsp3) is 0.318. The summed E-state index contributed by atoms with van der Waals surface area (Å²) in [6.07, 6.45) is 0.306. The van der Waals surface area contributed by atoms with Crippen LogP contribution in [0, 0.1) is 5.92 Å². The number of benzene rings is 2. The number of allylic oxidation sites excluding steroid dienone is 2. The third-order valence-electron chi connectivity index (χ3n) is 5.48. The first-order chi connectivity index (χ1) is 13.4. The van der Waals surface area contributed by atoms with Crippen molar-refractivity contribution >= 4 is 11.7 Å². The second kappa shape index (κ2) is 7.00. The van der Waals surface area contributed by atoms with Crippen LogP contribution in [-0.2, 0) is 10.9 Å². The Morgan fingerprint density at radius 3 is 2.71 bits per heavy atom. The molecule has 2 aromatic carbocycles. The van der Waals surface area contributed by atoms with Crippen LogP contribution in [-0.4, -0.2) is 12.6 Å². The zero-order chi connectivity index (χ0) is 19.9. The van der Waals surface area contributed by atoms with Gasteiger partial charge in [-0.3, -0.25) is 0 Å². The first kappa shape index (κ1) is 18.6.